The molecule has 0 aliphatic carbocycles. The van der Waals surface area contributed by atoms with Crippen LogP contribution in [0.1, 0.15) is 34.6 Å². The monoisotopic (exact) mass is 378 g/mol. The minimum absolute atomic E-state index is 0.121. The molecule has 0 N–H and O–H groups in total. The molecule has 4 nitrogen and oxygen atoms in total. The number of ether oxygens (including phenoxy) is 1. The summed E-state index contributed by atoms with van der Waals surface area (Å²) in [6.07, 6.45) is -4.53. The molecule has 0 saturated carbocycles. The van der Waals surface area contributed by atoms with E-state index >= 15 is 0 Å². The van der Waals surface area contributed by atoms with Gasteiger partial charge in [0.1, 0.15) is 12.9 Å². The van der Waals surface area contributed by atoms with E-state index < -0.39 is 37.6 Å². The van der Waals surface area contributed by atoms with Gasteiger partial charge in [0.25, 0.3) is 0 Å². The number of halogens is 3. The van der Waals surface area contributed by atoms with Crippen molar-refractivity contribution in [1.82, 2.24) is 0 Å². The van der Waals surface area contributed by atoms with E-state index in [1.54, 1.807) is 13.0 Å². The van der Waals surface area contributed by atoms with E-state index in [0.717, 1.165) is 0 Å². The van der Waals surface area contributed by atoms with E-state index in [9.17, 15) is 17.7 Å². The molecule has 1 aromatic rings. The van der Waals surface area contributed by atoms with Crippen molar-refractivity contribution in [2.45, 2.75) is 52.2 Å². The van der Waals surface area contributed by atoms with Gasteiger partial charge in [-0.3, -0.25) is 0 Å². The third kappa shape index (κ3) is 4.23. The lowest BCUT2D eigenvalue weighted by molar-refractivity contribution is -0.274. The molecule has 0 bridgehead atoms. The molecule has 0 aromatic heterocycles. The van der Waals surface area contributed by atoms with Crippen LogP contribution in [0.4, 0.5) is 13.2 Å². The molecule has 25 heavy (non-hydrogen) atoms. The highest BCUT2D eigenvalue weighted by atomic mass is 31.2. The Kier molecular flexibility index (Phi) is 5.15. The zero-order valence-electron chi connectivity index (χ0n) is 15.2. The van der Waals surface area contributed by atoms with Crippen LogP contribution in [0, 0.1) is 0 Å². The first-order valence-corrected chi connectivity index (χ1v) is 10.3. The number of hydrogen-bond acceptors (Lipinski definition) is 4. The van der Waals surface area contributed by atoms with Crippen molar-refractivity contribution in [2.75, 3.05) is 12.8 Å². The van der Waals surface area contributed by atoms with E-state index in [1.165, 1.54) is 18.8 Å². The van der Waals surface area contributed by atoms with Crippen LogP contribution in [0.5, 0.6) is 5.75 Å². The average molecular weight is 378 g/mol. The van der Waals surface area contributed by atoms with Crippen molar-refractivity contribution < 1.29 is 31.8 Å². The highest BCUT2D eigenvalue weighted by molar-refractivity contribution is 7.70. The maximum absolute atomic E-state index is 12.8. The zero-order chi connectivity index (χ0) is 19.3. The molecule has 1 atom stereocenters. The van der Waals surface area contributed by atoms with Crippen LogP contribution in [0.3, 0.4) is 0 Å². The second kappa shape index (κ2) is 6.32. The maximum Gasteiger partial charge on any atom is 0.573 e. The fourth-order valence-corrected chi connectivity index (χ4v) is 3.52. The lowest BCUT2D eigenvalue weighted by atomic mass is 9.78. The Labute approximate surface area is 146 Å². The molecule has 1 aliphatic heterocycles. The normalized spacial score (nSPS) is 21.9. The molecule has 140 valence electrons. The van der Waals surface area contributed by atoms with E-state index in [4.69, 9.17) is 9.31 Å². The van der Waals surface area contributed by atoms with Crippen LogP contribution in [0.25, 0.3) is 0 Å². The van der Waals surface area contributed by atoms with E-state index in [-0.39, 0.29) is 5.46 Å². The van der Waals surface area contributed by atoms with Crippen molar-refractivity contribution in [2.24, 2.45) is 0 Å². The summed E-state index contributed by atoms with van der Waals surface area (Å²) in [4.78, 5) is 0. The number of hydrogen-bond donors (Lipinski definition) is 0. The van der Waals surface area contributed by atoms with Gasteiger partial charge >= 0.3 is 13.5 Å². The third-order valence-corrected chi connectivity index (χ3v) is 7.46. The number of rotatable bonds is 4. The average Bonchev–Trinajstić information content (AvgIpc) is 2.65. The molecule has 2 rings (SSSR count). The molecule has 1 aliphatic rings. The van der Waals surface area contributed by atoms with Crippen molar-refractivity contribution in [3.63, 3.8) is 0 Å². The molecule has 1 aromatic carbocycles. The summed E-state index contributed by atoms with van der Waals surface area (Å²) in [5, 5.41) is 0.328. The van der Waals surface area contributed by atoms with Crippen molar-refractivity contribution in [3.05, 3.63) is 18.2 Å². The fourth-order valence-electron chi connectivity index (χ4n) is 2.38. The summed E-state index contributed by atoms with van der Waals surface area (Å²) in [6.45, 7) is 10.5. The maximum atomic E-state index is 12.8. The van der Waals surface area contributed by atoms with Gasteiger partial charge in [-0.25, -0.2) is 0 Å². The Bertz CT molecular complexity index is 687. The first-order chi connectivity index (χ1) is 11.2. The Morgan fingerprint density at radius 3 is 2.12 bits per heavy atom. The zero-order valence-corrected chi connectivity index (χ0v) is 16.1. The van der Waals surface area contributed by atoms with E-state index in [2.05, 4.69) is 4.74 Å². The van der Waals surface area contributed by atoms with Gasteiger partial charge in [0.15, 0.2) is 0 Å². The quantitative estimate of drug-likeness (QED) is 0.594. The van der Waals surface area contributed by atoms with Gasteiger partial charge in [0.2, 0.25) is 0 Å². The van der Waals surface area contributed by atoms with Crippen molar-refractivity contribution in [3.8, 4) is 5.75 Å². The third-order valence-electron chi connectivity index (χ3n) is 4.88. The number of benzene rings is 1. The molecule has 1 saturated heterocycles. The highest BCUT2D eigenvalue weighted by Crippen LogP contribution is 2.41. The van der Waals surface area contributed by atoms with Crippen LogP contribution in [-0.4, -0.2) is 37.5 Å². The van der Waals surface area contributed by atoms with Crippen LogP contribution >= 0.6 is 7.14 Å². The lowest BCUT2D eigenvalue weighted by Gasteiger charge is -2.32. The number of alkyl halides is 3. The van der Waals surface area contributed by atoms with Crippen LogP contribution in [-0.2, 0) is 13.9 Å². The Hall–Kier alpha value is -0.975. The van der Waals surface area contributed by atoms with Gasteiger partial charge < -0.3 is 18.6 Å². The SMILES string of the molecule is CC[P@](C)(=O)c1ccc(B2OC(C)(C)C(C)(C)O2)c(OC(F)(F)F)c1. The van der Waals surface area contributed by atoms with Gasteiger partial charge in [-0.1, -0.05) is 19.1 Å². The van der Waals surface area contributed by atoms with Gasteiger partial charge in [-0.05, 0) is 40.4 Å². The largest absolute Gasteiger partial charge is 0.573 e. The smallest absolute Gasteiger partial charge is 0.406 e. The topological polar surface area (TPSA) is 44.8 Å². The highest BCUT2D eigenvalue weighted by Gasteiger charge is 2.53. The molecule has 1 fully saturated rings. The van der Waals surface area contributed by atoms with Gasteiger partial charge in [0, 0.05) is 16.9 Å². The minimum Gasteiger partial charge on any atom is -0.406 e. The molecular weight excluding hydrogens is 355 g/mol. The molecule has 9 heteroatoms. The lowest BCUT2D eigenvalue weighted by Crippen LogP contribution is -2.41. The van der Waals surface area contributed by atoms with Crippen LogP contribution < -0.4 is 15.5 Å². The molecule has 1 heterocycles. The van der Waals surface area contributed by atoms with Crippen molar-refractivity contribution in [1.29, 1.82) is 0 Å². The standard InChI is InChI=1S/C16H23BF3O4P/c1-7-25(6,21)11-8-9-12(13(10-11)22-16(18,19)20)17-23-14(2,3)15(4,5)24-17/h8-10H,7H2,1-6H3/t25-/m0/s1. The van der Waals surface area contributed by atoms with Crippen LogP contribution in [0.15, 0.2) is 18.2 Å². The summed E-state index contributed by atoms with van der Waals surface area (Å²) >= 11 is 0. The second-order valence-electron chi connectivity index (χ2n) is 7.28. The minimum atomic E-state index is -4.87. The summed E-state index contributed by atoms with van der Waals surface area (Å²) in [5.41, 5.74) is -1.28. The van der Waals surface area contributed by atoms with Crippen LogP contribution in [0.2, 0.25) is 0 Å². The Morgan fingerprint density at radius 1 is 1.16 bits per heavy atom. The predicted octanol–water partition coefficient (Wildman–Crippen LogP) is 3.52. The summed E-state index contributed by atoms with van der Waals surface area (Å²) in [5.74, 6) is -0.445. The summed E-state index contributed by atoms with van der Waals surface area (Å²) < 4.78 is 66.9. The van der Waals surface area contributed by atoms with E-state index in [1.807, 2.05) is 27.7 Å². The summed E-state index contributed by atoms with van der Waals surface area (Å²) in [7, 11) is -3.76. The van der Waals surface area contributed by atoms with Gasteiger partial charge in [0.05, 0.1) is 11.2 Å². The van der Waals surface area contributed by atoms with Crippen molar-refractivity contribution >= 4 is 25.0 Å². The molecule has 0 radical (unpaired) electrons. The van der Waals surface area contributed by atoms with E-state index in [0.29, 0.717) is 11.5 Å². The summed E-state index contributed by atoms with van der Waals surface area (Å²) in [6, 6.07) is 4.16. The molecule has 0 spiro atoms. The molecule has 0 amide bonds. The molecular formula is C16H23BF3O4P. The Balaban J connectivity index is 2.49. The molecule has 0 unspecified atom stereocenters. The predicted molar refractivity (Wildman–Crippen MR) is 92.5 cm³/mol. The Morgan fingerprint density at radius 2 is 1.68 bits per heavy atom. The first-order valence-electron chi connectivity index (χ1n) is 8.01. The van der Waals surface area contributed by atoms with Gasteiger partial charge in [-0.2, -0.15) is 0 Å². The second-order valence-corrected chi connectivity index (χ2v) is 10.6. The first kappa shape index (κ1) is 20.3. The van der Waals surface area contributed by atoms with Gasteiger partial charge in [-0.15, -0.1) is 13.2 Å². The fraction of sp³-hybridized carbons (Fsp3) is 0.625.